The van der Waals surface area contributed by atoms with Gasteiger partial charge in [-0.2, -0.15) is 12.6 Å². The number of hydrogen-bond donors (Lipinski definition) is 3. The SMILES string of the molecule is CCCC(=O)N(CCNC(=O)[C@@H](CS)Cc1cccc(Cl)c1)Cc1ccc(-c2ccccc2S(=O)(=O)NC(C)=O)cc1F. The van der Waals surface area contributed by atoms with Gasteiger partial charge >= 0.3 is 0 Å². The van der Waals surface area contributed by atoms with Gasteiger partial charge in [-0.3, -0.25) is 14.4 Å². The normalized spacial score (nSPS) is 11.9. The Balaban J connectivity index is 1.73. The van der Waals surface area contributed by atoms with Gasteiger partial charge < -0.3 is 10.2 Å². The van der Waals surface area contributed by atoms with E-state index in [0.29, 0.717) is 29.2 Å². The van der Waals surface area contributed by atoms with Crippen LogP contribution in [0.2, 0.25) is 5.02 Å². The first-order valence-corrected chi connectivity index (χ1v) is 16.3. The molecule has 3 aromatic rings. The molecule has 8 nitrogen and oxygen atoms in total. The van der Waals surface area contributed by atoms with Gasteiger partial charge in [-0.1, -0.05) is 61.0 Å². The van der Waals surface area contributed by atoms with Crippen LogP contribution in [0.15, 0.2) is 71.6 Å². The van der Waals surface area contributed by atoms with Crippen molar-refractivity contribution in [1.82, 2.24) is 14.9 Å². The molecule has 0 fully saturated rings. The molecule has 0 aromatic heterocycles. The Labute approximate surface area is 262 Å². The monoisotopic (exact) mass is 647 g/mol. The Morgan fingerprint density at radius 3 is 2.44 bits per heavy atom. The predicted octanol–water partition coefficient (Wildman–Crippen LogP) is 5.00. The average Bonchev–Trinajstić information content (AvgIpc) is 2.95. The molecule has 0 aliphatic rings. The molecule has 3 aromatic carbocycles. The van der Waals surface area contributed by atoms with Crippen LogP contribution in [0.5, 0.6) is 0 Å². The highest BCUT2D eigenvalue weighted by Gasteiger charge is 2.22. The van der Waals surface area contributed by atoms with Crippen LogP contribution in [0.3, 0.4) is 0 Å². The van der Waals surface area contributed by atoms with E-state index in [2.05, 4.69) is 17.9 Å². The molecule has 0 aliphatic carbocycles. The van der Waals surface area contributed by atoms with Crippen LogP contribution in [0.4, 0.5) is 4.39 Å². The summed E-state index contributed by atoms with van der Waals surface area (Å²) in [4.78, 5) is 38.5. The number of rotatable bonds is 14. The van der Waals surface area contributed by atoms with Gasteiger partial charge in [0.2, 0.25) is 17.7 Å². The molecule has 1 atom stereocenters. The maximum absolute atomic E-state index is 15.4. The Morgan fingerprint density at radius 1 is 1.05 bits per heavy atom. The fourth-order valence-corrected chi connectivity index (χ4v) is 6.27. The number of thiol groups is 1. The second-order valence-electron chi connectivity index (χ2n) is 10.0. The van der Waals surface area contributed by atoms with E-state index in [1.54, 1.807) is 24.3 Å². The zero-order valence-corrected chi connectivity index (χ0v) is 26.4. The molecule has 0 saturated heterocycles. The number of sulfonamides is 1. The lowest BCUT2D eigenvalue weighted by Crippen LogP contribution is -2.40. The third kappa shape index (κ3) is 9.80. The summed E-state index contributed by atoms with van der Waals surface area (Å²) in [5, 5.41) is 3.45. The number of hydrogen-bond acceptors (Lipinski definition) is 6. The van der Waals surface area contributed by atoms with Crippen molar-refractivity contribution < 1.29 is 27.2 Å². The topological polar surface area (TPSA) is 113 Å². The number of benzene rings is 3. The minimum absolute atomic E-state index is 0.0365. The minimum atomic E-state index is -4.16. The van der Waals surface area contributed by atoms with Gasteiger partial charge in [0.1, 0.15) is 5.82 Å². The zero-order valence-electron chi connectivity index (χ0n) is 24.0. The van der Waals surface area contributed by atoms with Crippen molar-refractivity contribution in [3.63, 3.8) is 0 Å². The second kappa shape index (κ2) is 15.9. The Hall–Kier alpha value is -3.41. The maximum Gasteiger partial charge on any atom is 0.264 e. The Morgan fingerprint density at radius 2 is 1.79 bits per heavy atom. The molecule has 12 heteroatoms. The molecule has 2 N–H and O–H groups in total. The number of nitrogens with zero attached hydrogens (tertiary/aromatic N) is 1. The summed E-state index contributed by atoms with van der Waals surface area (Å²) in [5.41, 5.74) is 1.66. The fraction of sp³-hybridized carbons (Fsp3) is 0.323. The molecule has 0 spiro atoms. The first-order valence-electron chi connectivity index (χ1n) is 13.8. The van der Waals surface area contributed by atoms with E-state index in [1.807, 2.05) is 23.8 Å². The molecule has 43 heavy (non-hydrogen) atoms. The van der Waals surface area contributed by atoms with Crippen molar-refractivity contribution in [2.45, 2.75) is 44.6 Å². The van der Waals surface area contributed by atoms with Crippen LogP contribution in [0.25, 0.3) is 11.1 Å². The van der Waals surface area contributed by atoms with Gasteiger partial charge in [0.25, 0.3) is 10.0 Å². The first kappa shape index (κ1) is 34.1. The van der Waals surface area contributed by atoms with Crippen LogP contribution in [0, 0.1) is 11.7 Å². The van der Waals surface area contributed by atoms with Crippen LogP contribution < -0.4 is 10.0 Å². The van der Waals surface area contributed by atoms with Gasteiger partial charge in [-0.25, -0.2) is 17.5 Å². The van der Waals surface area contributed by atoms with Crippen molar-refractivity contribution in [2.24, 2.45) is 5.92 Å². The van der Waals surface area contributed by atoms with Crippen LogP contribution in [0.1, 0.15) is 37.8 Å². The van der Waals surface area contributed by atoms with E-state index in [1.165, 1.54) is 35.2 Å². The van der Waals surface area contributed by atoms with Crippen LogP contribution >= 0.6 is 24.2 Å². The Bertz CT molecular complexity index is 1570. The molecule has 0 heterocycles. The summed E-state index contributed by atoms with van der Waals surface area (Å²) in [6, 6.07) is 17.5. The molecular formula is C31H35ClFN3O5S2. The molecule has 0 aliphatic heterocycles. The summed E-state index contributed by atoms with van der Waals surface area (Å²) in [6.07, 6.45) is 1.32. The summed E-state index contributed by atoms with van der Waals surface area (Å²) in [6.45, 7) is 3.26. The van der Waals surface area contributed by atoms with E-state index >= 15 is 4.39 Å². The molecule has 0 unspecified atom stereocenters. The fourth-order valence-electron chi connectivity index (χ4n) is 4.54. The highest BCUT2D eigenvalue weighted by atomic mass is 35.5. The van der Waals surface area contributed by atoms with Crippen molar-refractivity contribution >= 4 is 52.0 Å². The first-order chi connectivity index (χ1) is 20.4. The molecule has 0 saturated carbocycles. The van der Waals surface area contributed by atoms with E-state index < -0.39 is 27.7 Å². The summed E-state index contributed by atoms with van der Waals surface area (Å²) in [7, 11) is -4.16. The highest BCUT2D eigenvalue weighted by molar-refractivity contribution is 7.90. The lowest BCUT2D eigenvalue weighted by molar-refractivity contribution is -0.132. The molecule has 3 rings (SSSR count). The Kier molecular flexibility index (Phi) is 12.6. The van der Waals surface area contributed by atoms with Gasteiger partial charge in [0.15, 0.2) is 0 Å². The largest absolute Gasteiger partial charge is 0.354 e. The van der Waals surface area contributed by atoms with Gasteiger partial charge in [0, 0.05) is 54.9 Å². The van der Waals surface area contributed by atoms with Crippen molar-refractivity contribution in [3.05, 3.63) is 88.7 Å². The number of carbonyl (C=O) groups is 3. The molecular weight excluding hydrogens is 613 g/mol. The standard InChI is InChI=1S/C31H35ClFN3O5S2/c1-3-7-30(38)36(15-14-34-31(39)25(20-42)16-22-8-6-9-26(32)17-22)19-24-13-12-23(18-28(24)33)27-10-4-5-11-29(27)43(40,41)35-21(2)37/h4-6,8-13,17-18,25,42H,3,7,14-16,19-20H2,1-2H3,(H,34,39)(H,35,37)/t25-/m1/s1. The number of amides is 3. The third-order valence-corrected chi connectivity index (χ3v) is 8.81. The number of halogens is 2. The molecule has 230 valence electrons. The van der Waals surface area contributed by atoms with E-state index in [4.69, 9.17) is 11.6 Å². The van der Waals surface area contributed by atoms with E-state index in [-0.39, 0.29) is 53.9 Å². The zero-order chi connectivity index (χ0) is 31.6. The van der Waals surface area contributed by atoms with Crippen LogP contribution in [-0.4, -0.2) is 49.9 Å². The minimum Gasteiger partial charge on any atom is -0.354 e. The second-order valence-corrected chi connectivity index (χ2v) is 12.5. The number of nitrogens with one attached hydrogen (secondary N) is 2. The predicted molar refractivity (Wildman–Crippen MR) is 169 cm³/mol. The highest BCUT2D eigenvalue weighted by Crippen LogP contribution is 2.29. The van der Waals surface area contributed by atoms with E-state index in [0.717, 1.165) is 12.5 Å². The smallest absolute Gasteiger partial charge is 0.264 e. The molecule has 3 amide bonds. The lowest BCUT2D eigenvalue weighted by Gasteiger charge is -2.24. The van der Waals surface area contributed by atoms with Gasteiger partial charge in [0.05, 0.1) is 10.8 Å². The summed E-state index contributed by atoms with van der Waals surface area (Å²) >= 11 is 10.4. The summed E-state index contributed by atoms with van der Waals surface area (Å²) < 4.78 is 42.7. The van der Waals surface area contributed by atoms with E-state index in [9.17, 15) is 22.8 Å². The number of carbonyl (C=O) groups excluding carboxylic acids is 3. The third-order valence-electron chi connectivity index (χ3n) is 6.64. The van der Waals surface area contributed by atoms with Crippen molar-refractivity contribution in [3.8, 4) is 11.1 Å². The van der Waals surface area contributed by atoms with Crippen molar-refractivity contribution in [1.29, 1.82) is 0 Å². The van der Waals surface area contributed by atoms with Gasteiger partial charge in [-0.05, 0) is 48.2 Å². The summed E-state index contributed by atoms with van der Waals surface area (Å²) in [5.74, 6) is -1.84. The van der Waals surface area contributed by atoms with Crippen molar-refractivity contribution in [2.75, 3.05) is 18.8 Å². The lowest BCUT2D eigenvalue weighted by atomic mass is 10.0. The quantitative estimate of drug-likeness (QED) is 0.213. The molecule has 0 radical (unpaired) electrons. The maximum atomic E-state index is 15.4. The molecule has 0 bridgehead atoms. The van der Waals surface area contributed by atoms with Gasteiger partial charge in [-0.15, -0.1) is 0 Å². The van der Waals surface area contributed by atoms with Crippen LogP contribution in [-0.2, 0) is 37.4 Å². The average molecular weight is 648 g/mol.